The second kappa shape index (κ2) is 5.19. The molecule has 4 heteroatoms. The maximum Gasteiger partial charge on any atom is 0.182 e. The molecule has 2 nitrogen and oxygen atoms in total. The quantitative estimate of drug-likeness (QED) is 0.601. The summed E-state index contributed by atoms with van der Waals surface area (Å²) in [5.41, 5.74) is 4.55. The van der Waals surface area contributed by atoms with E-state index in [-0.39, 0.29) is 0 Å². The van der Waals surface area contributed by atoms with E-state index in [1.165, 1.54) is 5.56 Å². The molecule has 3 rings (SSSR count). The van der Waals surface area contributed by atoms with Gasteiger partial charge in [-0.2, -0.15) is 0 Å². The van der Waals surface area contributed by atoms with Gasteiger partial charge in [-0.1, -0.05) is 41.9 Å². The second-order valence-corrected chi connectivity index (χ2v) is 6.48. The lowest BCUT2D eigenvalue weighted by Gasteiger charge is -2.10. The number of imidazole rings is 1. The average Bonchev–Trinajstić information content (AvgIpc) is 2.74. The van der Waals surface area contributed by atoms with E-state index < -0.39 is 0 Å². The molecule has 102 valence electrons. The van der Waals surface area contributed by atoms with Crippen LogP contribution in [-0.2, 0) is 0 Å². The number of H-pyrrole nitrogens is 1. The van der Waals surface area contributed by atoms with Crippen molar-refractivity contribution in [3.8, 4) is 5.69 Å². The van der Waals surface area contributed by atoms with Crippen molar-refractivity contribution in [1.29, 1.82) is 0 Å². The maximum atomic E-state index is 5.48. The van der Waals surface area contributed by atoms with Crippen molar-refractivity contribution in [2.24, 2.45) is 0 Å². The van der Waals surface area contributed by atoms with Gasteiger partial charge in [-0.3, -0.25) is 4.57 Å². The van der Waals surface area contributed by atoms with E-state index in [0.29, 0.717) is 5.92 Å². The molecule has 0 aliphatic carbocycles. The van der Waals surface area contributed by atoms with E-state index in [4.69, 9.17) is 12.2 Å². The first kappa shape index (κ1) is 13.6. The highest BCUT2D eigenvalue weighted by molar-refractivity contribution is 9.10. The third-order valence-electron chi connectivity index (χ3n) is 3.44. The second-order valence-electron chi connectivity index (χ2n) is 5.18. The summed E-state index contributed by atoms with van der Waals surface area (Å²) in [6, 6.07) is 14.7. The molecule has 1 heterocycles. The van der Waals surface area contributed by atoms with Crippen LogP contribution in [-0.4, -0.2) is 9.55 Å². The molecular weight excluding hydrogens is 332 g/mol. The lowest BCUT2D eigenvalue weighted by molar-refractivity contribution is 0.863. The number of halogens is 1. The number of rotatable bonds is 2. The predicted octanol–water partition coefficient (Wildman–Crippen LogP) is 5.57. The van der Waals surface area contributed by atoms with E-state index in [1.54, 1.807) is 0 Å². The molecule has 3 aromatic rings. The molecule has 20 heavy (non-hydrogen) atoms. The summed E-state index contributed by atoms with van der Waals surface area (Å²) >= 11 is 9.00. The summed E-state index contributed by atoms with van der Waals surface area (Å²) in [6.07, 6.45) is 0. The third-order valence-corrected chi connectivity index (χ3v) is 4.22. The summed E-state index contributed by atoms with van der Waals surface area (Å²) in [5, 5.41) is 0. The van der Waals surface area contributed by atoms with Crippen molar-refractivity contribution < 1.29 is 0 Å². The fourth-order valence-corrected chi connectivity index (χ4v) is 3.02. The Balaban J connectivity index is 2.29. The molecule has 0 amide bonds. The highest BCUT2D eigenvalue weighted by atomic mass is 79.9. The smallest absolute Gasteiger partial charge is 0.182 e. The largest absolute Gasteiger partial charge is 0.330 e. The molecule has 0 saturated heterocycles. The number of hydrogen-bond acceptors (Lipinski definition) is 1. The van der Waals surface area contributed by atoms with Crippen LogP contribution in [0.25, 0.3) is 16.7 Å². The Morgan fingerprint density at radius 1 is 1.15 bits per heavy atom. The van der Waals surface area contributed by atoms with Gasteiger partial charge in [0.1, 0.15) is 0 Å². The molecule has 0 fully saturated rings. The first-order valence-corrected chi connectivity index (χ1v) is 7.77. The molecule has 1 aromatic heterocycles. The zero-order valence-electron chi connectivity index (χ0n) is 11.4. The Hall–Kier alpha value is -1.39. The van der Waals surface area contributed by atoms with Crippen molar-refractivity contribution in [2.45, 2.75) is 19.8 Å². The molecule has 0 saturated carbocycles. The number of aromatic amines is 1. The van der Waals surface area contributed by atoms with Crippen LogP contribution in [0.1, 0.15) is 25.3 Å². The first-order chi connectivity index (χ1) is 9.56. The SMILES string of the molecule is CC(C)c1cccc(-n2c(=S)[nH]c3ccc(Br)cc32)c1. The van der Waals surface area contributed by atoms with Crippen LogP contribution in [0.15, 0.2) is 46.9 Å². The summed E-state index contributed by atoms with van der Waals surface area (Å²) < 4.78 is 3.85. The van der Waals surface area contributed by atoms with E-state index in [9.17, 15) is 0 Å². The molecule has 0 radical (unpaired) electrons. The highest BCUT2D eigenvalue weighted by Gasteiger charge is 2.08. The Morgan fingerprint density at radius 3 is 2.70 bits per heavy atom. The Kier molecular flexibility index (Phi) is 3.52. The Morgan fingerprint density at radius 2 is 1.95 bits per heavy atom. The van der Waals surface area contributed by atoms with Gasteiger partial charge >= 0.3 is 0 Å². The summed E-state index contributed by atoms with van der Waals surface area (Å²) in [5.74, 6) is 0.501. The molecule has 0 unspecified atom stereocenters. The van der Waals surface area contributed by atoms with Gasteiger partial charge in [0.2, 0.25) is 0 Å². The molecular formula is C16H15BrN2S. The van der Waals surface area contributed by atoms with E-state index in [2.05, 4.69) is 69.7 Å². The van der Waals surface area contributed by atoms with Gasteiger partial charge < -0.3 is 4.98 Å². The number of fused-ring (bicyclic) bond motifs is 1. The predicted molar refractivity (Wildman–Crippen MR) is 90.2 cm³/mol. The molecule has 0 aliphatic heterocycles. The highest BCUT2D eigenvalue weighted by Crippen LogP contribution is 2.25. The molecule has 0 aliphatic rings. The molecule has 1 N–H and O–H groups in total. The number of nitrogens with one attached hydrogen (secondary N) is 1. The monoisotopic (exact) mass is 346 g/mol. The van der Waals surface area contributed by atoms with Gasteiger partial charge in [-0.05, 0) is 54.0 Å². The molecule has 2 aromatic carbocycles. The molecule has 0 bridgehead atoms. The standard InChI is InChI=1S/C16H15BrN2S/c1-10(2)11-4-3-5-13(8-11)19-15-9-12(17)6-7-14(15)18-16(19)20/h3-10H,1-2H3,(H,18,20). The fraction of sp³-hybridized carbons (Fsp3) is 0.188. The number of aromatic nitrogens is 2. The molecule has 0 spiro atoms. The van der Waals surface area contributed by atoms with Crippen LogP contribution in [0, 0.1) is 4.77 Å². The minimum absolute atomic E-state index is 0.501. The zero-order chi connectivity index (χ0) is 14.3. The lowest BCUT2D eigenvalue weighted by atomic mass is 10.0. The van der Waals surface area contributed by atoms with Crippen molar-refractivity contribution >= 4 is 39.2 Å². The minimum atomic E-state index is 0.501. The van der Waals surface area contributed by atoms with Gasteiger partial charge in [0, 0.05) is 10.2 Å². The van der Waals surface area contributed by atoms with Gasteiger partial charge in [0.15, 0.2) is 4.77 Å². The number of nitrogens with zero attached hydrogens (tertiary/aromatic N) is 1. The van der Waals surface area contributed by atoms with Gasteiger partial charge in [-0.15, -0.1) is 0 Å². The van der Waals surface area contributed by atoms with Crippen LogP contribution < -0.4 is 0 Å². The average molecular weight is 347 g/mol. The van der Waals surface area contributed by atoms with Crippen molar-refractivity contribution in [3.05, 3.63) is 57.3 Å². The maximum absolute atomic E-state index is 5.48. The van der Waals surface area contributed by atoms with Crippen molar-refractivity contribution in [2.75, 3.05) is 0 Å². The van der Waals surface area contributed by atoms with Crippen LogP contribution in [0.5, 0.6) is 0 Å². The van der Waals surface area contributed by atoms with Crippen LogP contribution in [0.3, 0.4) is 0 Å². The van der Waals surface area contributed by atoms with Gasteiger partial charge in [0.05, 0.1) is 11.0 Å². The minimum Gasteiger partial charge on any atom is -0.330 e. The Labute approximate surface area is 131 Å². The van der Waals surface area contributed by atoms with Gasteiger partial charge in [0.25, 0.3) is 0 Å². The topological polar surface area (TPSA) is 20.7 Å². The number of hydrogen-bond donors (Lipinski definition) is 1. The first-order valence-electron chi connectivity index (χ1n) is 6.57. The van der Waals surface area contributed by atoms with E-state index in [1.807, 2.05) is 12.1 Å². The van der Waals surface area contributed by atoms with Gasteiger partial charge in [-0.25, -0.2) is 0 Å². The van der Waals surface area contributed by atoms with Crippen molar-refractivity contribution in [3.63, 3.8) is 0 Å². The lowest BCUT2D eigenvalue weighted by Crippen LogP contribution is -1.96. The summed E-state index contributed by atoms with van der Waals surface area (Å²) in [4.78, 5) is 3.26. The van der Waals surface area contributed by atoms with Crippen LogP contribution in [0.2, 0.25) is 0 Å². The summed E-state index contributed by atoms with van der Waals surface area (Å²) in [6.45, 7) is 4.40. The summed E-state index contributed by atoms with van der Waals surface area (Å²) in [7, 11) is 0. The third kappa shape index (κ3) is 2.34. The molecule has 0 atom stereocenters. The van der Waals surface area contributed by atoms with E-state index >= 15 is 0 Å². The van der Waals surface area contributed by atoms with Crippen LogP contribution >= 0.6 is 28.1 Å². The zero-order valence-corrected chi connectivity index (χ0v) is 13.8. The Bertz CT molecular complexity index is 830. The van der Waals surface area contributed by atoms with Crippen LogP contribution in [0.4, 0.5) is 0 Å². The van der Waals surface area contributed by atoms with E-state index in [0.717, 1.165) is 26.0 Å². The van der Waals surface area contributed by atoms with Crippen molar-refractivity contribution in [1.82, 2.24) is 9.55 Å². The normalized spacial score (nSPS) is 11.4. The fourth-order valence-electron chi connectivity index (χ4n) is 2.36. The number of benzene rings is 2.